The molecule has 96 valence electrons. The van der Waals surface area contributed by atoms with E-state index in [4.69, 9.17) is 9.26 Å². The van der Waals surface area contributed by atoms with Gasteiger partial charge in [-0.25, -0.2) is 0 Å². The van der Waals surface area contributed by atoms with Crippen molar-refractivity contribution in [2.75, 3.05) is 32.8 Å². The van der Waals surface area contributed by atoms with E-state index in [1.54, 1.807) is 6.92 Å². The van der Waals surface area contributed by atoms with Gasteiger partial charge in [0.2, 0.25) is 5.89 Å². The van der Waals surface area contributed by atoms with Gasteiger partial charge in [0.05, 0.1) is 25.7 Å². The van der Waals surface area contributed by atoms with Crippen molar-refractivity contribution in [2.24, 2.45) is 0 Å². The lowest BCUT2D eigenvalue weighted by Gasteiger charge is -2.25. The Bertz CT molecular complexity index is 334. The number of aliphatic hydroxyl groups is 1. The molecule has 2 heterocycles. The average Bonchev–Trinajstić information content (AvgIpc) is 2.75. The summed E-state index contributed by atoms with van der Waals surface area (Å²) < 4.78 is 10.3. The van der Waals surface area contributed by atoms with Crippen LogP contribution in [-0.4, -0.2) is 59.1 Å². The van der Waals surface area contributed by atoms with Gasteiger partial charge in [0.25, 0.3) is 0 Å². The van der Waals surface area contributed by atoms with E-state index in [2.05, 4.69) is 15.0 Å². The van der Waals surface area contributed by atoms with Gasteiger partial charge >= 0.3 is 0 Å². The molecule has 1 aromatic rings. The van der Waals surface area contributed by atoms with Gasteiger partial charge in [-0.3, -0.25) is 4.90 Å². The second-order valence-corrected chi connectivity index (χ2v) is 4.36. The second-order valence-electron chi connectivity index (χ2n) is 4.36. The maximum atomic E-state index is 9.20. The Hall–Kier alpha value is -0.980. The van der Waals surface area contributed by atoms with Crippen LogP contribution in [0.25, 0.3) is 0 Å². The summed E-state index contributed by atoms with van der Waals surface area (Å²) in [6, 6.07) is 0. The monoisotopic (exact) mass is 241 g/mol. The van der Waals surface area contributed by atoms with Crippen LogP contribution in [0.3, 0.4) is 0 Å². The average molecular weight is 241 g/mol. The summed E-state index contributed by atoms with van der Waals surface area (Å²) in [6.07, 6.45) is 0.760. The van der Waals surface area contributed by atoms with E-state index in [9.17, 15) is 5.11 Å². The molecule has 0 bridgehead atoms. The Morgan fingerprint density at radius 2 is 2.18 bits per heavy atom. The van der Waals surface area contributed by atoms with Crippen LogP contribution in [0.5, 0.6) is 0 Å². The molecule has 0 spiro atoms. The Kier molecular flexibility index (Phi) is 4.47. The molecule has 1 aliphatic rings. The third kappa shape index (κ3) is 4.07. The van der Waals surface area contributed by atoms with E-state index in [-0.39, 0.29) is 0 Å². The van der Waals surface area contributed by atoms with Crippen molar-refractivity contribution in [3.8, 4) is 0 Å². The van der Waals surface area contributed by atoms with Crippen molar-refractivity contribution >= 4 is 0 Å². The van der Waals surface area contributed by atoms with E-state index in [1.807, 2.05) is 0 Å². The van der Waals surface area contributed by atoms with Gasteiger partial charge in [-0.05, 0) is 6.92 Å². The largest absolute Gasteiger partial charge is 0.393 e. The summed E-state index contributed by atoms with van der Waals surface area (Å²) in [5.41, 5.74) is 0. The molecule has 6 heteroatoms. The summed E-state index contributed by atoms with van der Waals surface area (Å²) in [4.78, 5) is 6.57. The van der Waals surface area contributed by atoms with Crippen molar-refractivity contribution in [2.45, 2.75) is 25.9 Å². The molecule has 1 N–H and O–H groups in total. The van der Waals surface area contributed by atoms with Gasteiger partial charge in [-0.1, -0.05) is 5.16 Å². The van der Waals surface area contributed by atoms with Gasteiger partial charge in [-0.2, -0.15) is 4.98 Å². The van der Waals surface area contributed by atoms with Crippen LogP contribution in [0.15, 0.2) is 4.52 Å². The fourth-order valence-electron chi connectivity index (χ4n) is 1.81. The summed E-state index contributed by atoms with van der Waals surface area (Å²) in [7, 11) is 0. The van der Waals surface area contributed by atoms with Crippen LogP contribution >= 0.6 is 0 Å². The Labute approximate surface area is 101 Å². The number of hydrogen-bond acceptors (Lipinski definition) is 6. The molecule has 0 aliphatic carbocycles. The number of nitrogens with zero attached hydrogens (tertiary/aromatic N) is 3. The van der Waals surface area contributed by atoms with Crippen LogP contribution < -0.4 is 0 Å². The van der Waals surface area contributed by atoms with E-state index in [0.29, 0.717) is 18.1 Å². The van der Waals surface area contributed by atoms with Gasteiger partial charge in [0.15, 0.2) is 5.82 Å². The first-order valence-electron chi connectivity index (χ1n) is 6.03. The molecular formula is C11H19N3O3. The Morgan fingerprint density at radius 1 is 1.41 bits per heavy atom. The SMILES string of the molecule is CC(O)Cc1nc(CCN2CCOCC2)no1. The Balaban J connectivity index is 1.76. The van der Waals surface area contributed by atoms with Crippen molar-refractivity contribution < 1.29 is 14.4 Å². The molecule has 1 saturated heterocycles. The summed E-state index contributed by atoms with van der Waals surface area (Å²) >= 11 is 0. The molecule has 0 amide bonds. The van der Waals surface area contributed by atoms with E-state index in [0.717, 1.165) is 39.3 Å². The number of hydrogen-bond donors (Lipinski definition) is 1. The van der Waals surface area contributed by atoms with E-state index in [1.165, 1.54) is 0 Å². The van der Waals surface area contributed by atoms with Crippen LogP contribution in [0, 0.1) is 0 Å². The predicted molar refractivity (Wildman–Crippen MR) is 60.6 cm³/mol. The summed E-state index contributed by atoms with van der Waals surface area (Å²) in [5, 5.41) is 13.1. The summed E-state index contributed by atoms with van der Waals surface area (Å²) in [6.45, 7) is 6.18. The van der Waals surface area contributed by atoms with Crippen molar-refractivity contribution in [3.05, 3.63) is 11.7 Å². The van der Waals surface area contributed by atoms with Crippen LogP contribution in [0.4, 0.5) is 0 Å². The molecule has 1 fully saturated rings. The van der Waals surface area contributed by atoms with E-state index >= 15 is 0 Å². The molecule has 2 rings (SSSR count). The maximum absolute atomic E-state index is 9.20. The zero-order valence-electron chi connectivity index (χ0n) is 10.1. The lowest BCUT2D eigenvalue weighted by molar-refractivity contribution is 0.0381. The highest BCUT2D eigenvalue weighted by atomic mass is 16.5. The minimum atomic E-state index is -0.442. The van der Waals surface area contributed by atoms with Gasteiger partial charge in [-0.15, -0.1) is 0 Å². The topological polar surface area (TPSA) is 71.6 Å². The van der Waals surface area contributed by atoms with Crippen LogP contribution in [0.2, 0.25) is 0 Å². The van der Waals surface area contributed by atoms with Crippen molar-refractivity contribution in [1.82, 2.24) is 15.0 Å². The third-order valence-corrected chi connectivity index (χ3v) is 2.74. The van der Waals surface area contributed by atoms with Gasteiger partial charge in [0, 0.05) is 26.1 Å². The minimum absolute atomic E-state index is 0.421. The molecule has 1 aliphatic heterocycles. The van der Waals surface area contributed by atoms with Crippen LogP contribution in [0.1, 0.15) is 18.6 Å². The fourth-order valence-corrected chi connectivity index (χ4v) is 1.81. The molecule has 0 aromatic carbocycles. The standard InChI is InChI=1S/C11H19N3O3/c1-9(15)8-11-12-10(13-17-11)2-3-14-4-6-16-7-5-14/h9,15H,2-8H2,1H3. The number of morpholine rings is 1. The van der Waals surface area contributed by atoms with Gasteiger partial charge < -0.3 is 14.4 Å². The molecule has 1 unspecified atom stereocenters. The van der Waals surface area contributed by atoms with Crippen molar-refractivity contribution in [3.63, 3.8) is 0 Å². The van der Waals surface area contributed by atoms with Crippen LogP contribution in [-0.2, 0) is 17.6 Å². The molecule has 0 saturated carbocycles. The fraction of sp³-hybridized carbons (Fsp3) is 0.818. The zero-order valence-corrected chi connectivity index (χ0v) is 10.1. The number of aliphatic hydroxyl groups excluding tert-OH is 1. The first-order valence-corrected chi connectivity index (χ1v) is 6.03. The van der Waals surface area contributed by atoms with Crippen molar-refractivity contribution in [1.29, 1.82) is 0 Å². The maximum Gasteiger partial charge on any atom is 0.229 e. The molecule has 6 nitrogen and oxygen atoms in total. The highest BCUT2D eigenvalue weighted by Gasteiger charge is 2.13. The second kappa shape index (κ2) is 6.09. The van der Waals surface area contributed by atoms with E-state index < -0.39 is 6.10 Å². The van der Waals surface area contributed by atoms with Gasteiger partial charge in [0.1, 0.15) is 0 Å². The first-order chi connectivity index (χ1) is 8.24. The highest BCUT2D eigenvalue weighted by Crippen LogP contribution is 2.04. The normalized spacial score (nSPS) is 19.4. The predicted octanol–water partition coefficient (Wildman–Crippen LogP) is -0.132. The molecule has 0 radical (unpaired) electrons. The highest BCUT2D eigenvalue weighted by molar-refractivity contribution is 4.88. The zero-order chi connectivity index (χ0) is 12.1. The number of ether oxygens (including phenoxy) is 1. The number of rotatable bonds is 5. The first kappa shape index (κ1) is 12.5. The Morgan fingerprint density at radius 3 is 2.88 bits per heavy atom. The lowest BCUT2D eigenvalue weighted by atomic mass is 10.3. The smallest absolute Gasteiger partial charge is 0.229 e. The number of aromatic nitrogens is 2. The molecule has 1 aromatic heterocycles. The third-order valence-electron chi connectivity index (χ3n) is 2.74. The summed E-state index contributed by atoms with van der Waals surface area (Å²) in [5.74, 6) is 1.23. The lowest BCUT2D eigenvalue weighted by Crippen LogP contribution is -2.37. The molecule has 1 atom stereocenters. The molecular weight excluding hydrogens is 222 g/mol. The quantitative estimate of drug-likeness (QED) is 0.774. The molecule has 17 heavy (non-hydrogen) atoms. The minimum Gasteiger partial charge on any atom is -0.393 e.